The smallest absolute Gasteiger partial charge is 0.279 e. The van der Waals surface area contributed by atoms with Gasteiger partial charge in [0.25, 0.3) is 11.8 Å². The number of rotatable bonds is 19. The van der Waals surface area contributed by atoms with Crippen molar-refractivity contribution in [3.8, 4) is 34.1 Å². The maximum atomic E-state index is 13.2. The van der Waals surface area contributed by atoms with E-state index >= 15 is 0 Å². The normalized spacial score (nSPS) is 11.3. The van der Waals surface area contributed by atoms with E-state index in [1.165, 1.54) is 28.1 Å². The number of amides is 2. The highest BCUT2D eigenvalue weighted by Crippen LogP contribution is 2.40. The third-order valence-corrected chi connectivity index (χ3v) is 8.25. The zero-order chi connectivity index (χ0) is 40.8. The van der Waals surface area contributed by atoms with Crippen LogP contribution >= 0.6 is 0 Å². The molecule has 0 aliphatic rings. The summed E-state index contributed by atoms with van der Waals surface area (Å²) in [5, 5.41) is 13.8. The van der Waals surface area contributed by atoms with Crippen molar-refractivity contribution in [1.82, 2.24) is 0 Å². The molecule has 4 aromatic rings. The van der Waals surface area contributed by atoms with Crippen molar-refractivity contribution in [2.45, 2.75) is 54.4 Å². The van der Waals surface area contributed by atoms with Gasteiger partial charge in [0.2, 0.25) is 0 Å². The molecule has 0 radical (unpaired) electrons. The third kappa shape index (κ3) is 10.7. The third-order valence-electron chi connectivity index (χ3n) is 8.25. The van der Waals surface area contributed by atoms with Crippen molar-refractivity contribution in [2.75, 3.05) is 48.9 Å². The van der Waals surface area contributed by atoms with Crippen molar-refractivity contribution in [3.63, 3.8) is 0 Å². The molecule has 0 unspecified atom stereocenters. The number of hydrogen-bond donors (Lipinski definition) is 4. The number of hydrazone groups is 2. The molecular weight excluding hydrogens is 716 g/mol. The fraction of sp³-hybridized carbons (Fsp3) is 0.286. The van der Waals surface area contributed by atoms with E-state index in [0.29, 0.717) is 59.0 Å². The number of benzene rings is 4. The summed E-state index contributed by atoms with van der Waals surface area (Å²) in [4.78, 5) is 51.5. The molecule has 0 aliphatic heterocycles. The second-order valence-electron chi connectivity index (χ2n) is 12.6. The monoisotopic (exact) mass is 764 g/mol. The highest BCUT2D eigenvalue weighted by atomic mass is 16.5. The number of nitrogens with zero attached hydrogens (tertiary/aromatic N) is 2. The van der Waals surface area contributed by atoms with Crippen LogP contribution in [0.4, 0.5) is 22.7 Å². The molecule has 14 heteroatoms. The minimum absolute atomic E-state index is 0.344. The van der Waals surface area contributed by atoms with Crippen LogP contribution < -0.4 is 40.4 Å². The highest BCUT2D eigenvalue weighted by molar-refractivity contribution is 6.67. The van der Waals surface area contributed by atoms with Crippen LogP contribution in [0.15, 0.2) is 83.0 Å². The van der Waals surface area contributed by atoms with Crippen molar-refractivity contribution < 1.29 is 38.1 Å². The van der Waals surface area contributed by atoms with E-state index in [4.69, 9.17) is 18.9 Å². The van der Waals surface area contributed by atoms with Crippen molar-refractivity contribution in [3.05, 3.63) is 83.9 Å². The molecule has 0 atom stereocenters. The number of Topliss-reactive ketones (excluding diaryl/α,β-unsaturated/α-hetero) is 2. The number of carbonyl (C=O) groups excluding carboxylic acids is 4. The molecule has 0 heterocycles. The number of para-hydroxylation sites is 4. The lowest BCUT2D eigenvalue weighted by Gasteiger charge is -2.19. The van der Waals surface area contributed by atoms with E-state index in [1.807, 2.05) is 52.0 Å². The summed E-state index contributed by atoms with van der Waals surface area (Å²) in [6.45, 7) is 11.1. The number of methoxy groups -OCH3 is 2. The molecule has 4 N–H and O–H groups in total. The zero-order valence-electron chi connectivity index (χ0n) is 32.9. The molecule has 4 rings (SSSR count). The van der Waals surface area contributed by atoms with Crippen LogP contribution in [-0.2, 0) is 19.2 Å². The Labute approximate surface area is 326 Å². The number of aryl methyl sites for hydroxylation is 2. The lowest BCUT2D eigenvalue weighted by molar-refractivity contribution is -0.116. The Bertz CT molecular complexity index is 1990. The Kier molecular flexibility index (Phi) is 15.1. The predicted octanol–water partition coefficient (Wildman–Crippen LogP) is 7.56. The first-order valence-corrected chi connectivity index (χ1v) is 18.0. The molecule has 2 amide bonds. The van der Waals surface area contributed by atoms with Gasteiger partial charge in [-0.25, -0.2) is 0 Å². The summed E-state index contributed by atoms with van der Waals surface area (Å²) < 4.78 is 22.9. The molecular formula is C42H48N6O8. The topological polar surface area (TPSA) is 178 Å². The van der Waals surface area contributed by atoms with Crippen LogP contribution in [0.25, 0.3) is 11.1 Å². The summed E-state index contributed by atoms with van der Waals surface area (Å²) in [6.07, 6.45) is 1.44. The molecule has 14 nitrogen and oxygen atoms in total. The van der Waals surface area contributed by atoms with Crippen LogP contribution in [0, 0.1) is 13.8 Å². The van der Waals surface area contributed by atoms with Crippen LogP contribution in [0.1, 0.15) is 51.7 Å². The van der Waals surface area contributed by atoms with Gasteiger partial charge in [0, 0.05) is 13.8 Å². The molecule has 294 valence electrons. The molecule has 0 saturated carbocycles. The van der Waals surface area contributed by atoms with Gasteiger partial charge in [0.15, 0.2) is 23.0 Å². The molecule has 0 spiro atoms. The first-order chi connectivity index (χ1) is 26.9. The first-order valence-electron chi connectivity index (χ1n) is 18.0. The van der Waals surface area contributed by atoms with Crippen molar-refractivity contribution >= 4 is 57.6 Å². The van der Waals surface area contributed by atoms with E-state index in [2.05, 4.69) is 31.7 Å². The highest BCUT2D eigenvalue weighted by Gasteiger charge is 2.22. The molecule has 56 heavy (non-hydrogen) atoms. The van der Waals surface area contributed by atoms with E-state index in [0.717, 1.165) is 35.1 Å². The second kappa shape index (κ2) is 20.1. The van der Waals surface area contributed by atoms with E-state index in [1.54, 1.807) is 48.5 Å². The largest absolute Gasteiger partial charge is 0.495 e. The molecule has 0 bridgehead atoms. The molecule has 0 aromatic heterocycles. The first kappa shape index (κ1) is 42.0. The van der Waals surface area contributed by atoms with Crippen LogP contribution in [0.3, 0.4) is 0 Å². The summed E-state index contributed by atoms with van der Waals surface area (Å²) in [7, 11) is 2.97. The molecule has 0 saturated heterocycles. The van der Waals surface area contributed by atoms with Gasteiger partial charge >= 0.3 is 0 Å². The number of hydrogen-bond acceptors (Lipinski definition) is 12. The van der Waals surface area contributed by atoms with Gasteiger partial charge < -0.3 is 29.6 Å². The second-order valence-corrected chi connectivity index (χ2v) is 12.6. The summed E-state index contributed by atoms with van der Waals surface area (Å²) in [5.41, 5.74) is 10.0. The number of ether oxygens (including phenoxy) is 4. The van der Waals surface area contributed by atoms with Crippen molar-refractivity contribution in [1.29, 1.82) is 0 Å². The SMILES string of the molecule is CCCOc1cc(-c2cc(OCCC)c(N/N=C(\C(C)=O)C(=O)Nc3ccccc3OC)cc2C)c(C)cc1N/N=C(\C(C)=O)C(=O)Nc1ccccc1OC. The summed E-state index contributed by atoms with van der Waals surface area (Å²) in [5.74, 6) is -0.759. The van der Waals surface area contributed by atoms with Crippen LogP contribution in [0.2, 0.25) is 0 Å². The van der Waals surface area contributed by atoms with E-state index < -0.39 is 23.4 Å². The number of anilines is 4. The van der Waals surface area contributed by atoms with Gasteiger partial charge in [-0.2, -0.15) is 10.2 Å². The average Bonchev–Trinajstić information content (AvgIpc) is 3.17. The zero-order valence-corrected chi connectivity index (χ0v) is 32.9. The fourth-order valence-electron chi connectivity index (χ4n) is 5.46. The molecule has 0 fully saturated rings. The predicted molar refractivity (Wildman–Crippen MR) is 220 cm³/mol. The molecule has 4 aromatic carbocycles. The quantitative estimate of drug-likeness (QED) is 0.0423. The van der Waals surface area contributed by atoms with Gasteiger partial charge in [-0.05, 0) is 97.5 Å². The Morgan fingerprint density at radius 2 is 0.929 bits per heavy atom. The van der Waals surface area contributed by atoms with Crippen molar-refractivity contribution in [2.24, 2.45) is 10.2 Å². The van der Waals surface area contributed by atoms with Gasteiger partial charge in [-0.3, -0.25) is 30.0 Å². The van der Waals surface area contributed by atoms with Gasteiger partial charge in [0.05, 0.1) is 50.2 Å². The average molecular weight is 765 g/mol. The number of carbonyl (C=O) groups is 4. The number of ketones is 2. The summed E-state index contributed by atoms with van der Waals surface area (Å²) in [6, 6.07) is 21.0. The Balaban J connectivity index is 1.69. The standard InChI is InChI=1S/C42H48N6O8/c1-9-19-55-37-23-29(25(3)21-33(37)45-47-39(27(5)49)41(51)43-31-15-11-13-17-35(31)53-7)30-24-38(56-20-10-2)34(22-26(30)4)46-48-40(28(6)50)42(52)44-32-16-12-14-18-36(32)54-8/h11-18,21-24,45-46H,9-10,19-20H2,1-8H3,(H,43,51)(H,44,52)/b47-39+,48-40+. The van der Waals surface area contributed by atoms with Crippen LogP contribution in [0.5, 0.6) is 23.0 Å². The number of nitrogens with one attached hydrogen (secondary N) is 4. The molecule has 0 aliphatic carbocycles. The summed E-state index contributed by atoms with van der Waals surface area (Å²) >= 11 is 0. The Morgan fingerprint density at radius 3 is 1.27 bits per heavy atom. The van der Waals surface area contributed by atoms with Crippen LogP contribution in [-0.4, -0.2) is 62.2 Å². The van der Waals surface area contributed by atoms with Gasteiger partial charge in [-0.1, -0.05) is 38.1 Å². The Morgan fingerprint density at radius 1 is 0.554 bits per heavy atom. The maximum Gasteiger partial charge on any atom is 0.279 e. The fourth-order valence-corrected chi connectivity index (χ4v) is 5.46. The Hall–Kier alpha value is -6.70. The van der Waals surface area contributed by atoms with E-state index in [-0.39, 0.29) is 11.4 Å². The lowest BCUT2D eigenvalue weighted by atomic mass is 9.95. The van der Waals surface area contributed by atoms with Gasteiger partial charge in [-0.15, -0.1) is 0 Å². The van der Waals surface area contributed by atoms with E-state index in [9.17, 15) is 19.2 Å². The van der Waals surface area contributed by atoms with Gasteiger partial charge in [0.1, 0.15) is 23.0 Å². The lowest BCUT2D eigenvalue weighted by Crippen LogP contribution is -2.29. The maximum absolute atomic E-state index is 13.2. The minimum atomic E-state index is -0.709. The minimum Gasteiger partial charge on any atom is -0.495 e.